The molecule has 0 bridgehead atoms. The molecule has 0 radical (unpaired) electrons. The number of aromatic nitrogens is 4. The molecular weight excluding hydrogens is 294 g/mol. The Labute approximate surface area is 131 Å². The molecule has 0 amide bonds. The molecule has 4 aromatic rings. The molecule has 3 aromatic heterocycles. The lowest BCUT2D eigenvalue weighted by Crippen LogP contribution is -2.00. The molecule has 0 aliphatic heterocycles. The first-order valence-electron chi connectivity index (χ1n) is 6.87. The van der Waals surface area contributed by atoms with Crippen LogP contribution < -0.4 is 5.32 Å². The van der Waals surface area contributed by atoms with Crippen LogP contribution in [0.5, 0.6) is 0 Å². The van der Waals surface area contributed by atoms with E-state index in [2.05, 4.69) is 20.4 Å². The van der Waals surface area contributed by atoms with Gasteiger partial charge in [0.15, 0.2) is 11.6 Å². The van der Waals surface area contributed by atoms with Gasteiger partial charge in [-0.1, -0.05) is 18.2 Å². The lowest BCUT2D eigenvalue weighted by atomic mass is 10.2. The van der Waals surface area contributed by atoms with Gasteiger partial charge in [-0.3, -0.25) is 4.68 Å². The largest absolute Gasteiger partial charge is 0.323 e. The Morgan fingerprint density at radius 2 is 1.95 bits per heavy atom. The highest BCUT2D eigenvalue weighted by Gasteiger charge is 2.10. The molecular formula is C16H13N5S. The number of benzene rings is 1. The van der Waals surface area contributed by atoms with Crippen molar-refractivity contribution in [1.82, 2.24) is 19.7 Å². The first-order chi connectivity index (χ1) is 10.8. The molecule has 0 atom stereocenters. The van der Waals surface area contributed by atoms with Crippen LogP contribution in [0, 0.1) is 0 Å². The lowest BCUT2D eigenvalue weighted by Gasteiger charge is -2.08. The van der Waals surface area contributed by atoms with Crippen molar-refractivity contribution in [1.29, 1.82) is 0 Å². The Morgan fingerprint density at radius 3 is 2.73 bits per heavy atom. The molecule has 22 heavy (non-hydrogen) atoms. The van der Waals surface area contributed by atoms with E-state index in [1.165, 1.54) is 0 Å². The molecule has 1 N–H and O–H groups in total. The predicted octanol–water partition coefficient (Wildman–Crippen LogP) is 3.84. The van der Waals surface area contributed by atoms with Gasteiger partial charge in [0.05, 0.1) is 10.4 Å². The molecule has 0 saturated carbocycles. The van der Waals surface area contributed by atoms with Crippen molar-refractivity contribution in [3.8, 4) is 10.7 Å². The average molecular weight is 307 g/mol. The van der Waals surface area contributed by atoms with E-state index >= 15 is 0 Å². The number of anilines is 2. The van der Waals surface area contributed by atoms with Crippen LogP contribution in [-0.2, 0) is 7.05 Å². The zero-order valence-corrected chi connectivity index (χ0v) is 12.7. The van der Waals surface area contributed by atoms with E-state index < -0.39 is 0 Å². The number of aryl methyl sites for hydroxylation is 1. The summed E-state index contributed by atoms with van der Waals surface area (Å²) in [6, 6.07) is 13.9. The topological polar surface area (TPSA) is 55.6 Å². The SMILES string of the molecule is Cn1ccc(Nc2nc(-c3cccs3)nc3ccccc23)n1. The Hall–Kier alpha value is -2.73. The fourth-order valence-corrected chi connectivity index (χ4v) is 2.95. The number of fused-ring (bicyclic) bond motifs is 1. The molecule has 0 spiro atoms. The summed E-state index contributed by atoms with van der Waals surface area (Å²) in [5.41, 5.74) is 0.916. The van der Waals surface area contributed by atoms with Crippen molar-refractivity contribution in [2.24, 2.45) is 7.05 Å². The van der Waals surface area contributed by atoms with E-state index in [-0.39, 0.29) is 0 Å². The van der Waals surface area contributed by atoms with E-state index in [1.54, 1.807) is 16.0 Å². The second-order valence-electron chi connectivity index (χ2n) is 4.89. The van der Waals surface area contributed by atoms with Crippen molar-refractivity contribution in [3.05, 3.63) is 54.0 Å². The maximum Gasteiger partial charge on any atom is 0.172 e. The summed E-state index contributed by atoms with van der Waals surface area (Å²) in [6.45, 7) is 0. The highest BCUT2D eigenvalue weighted by atomic mass is 32.1. The van der Waals surface area contributed by atoms with Gasteiger partial charge in [0.1, 0.15) is 5.82 Å². The highest BCUT2D eigenvalue weighted by Crippen LogP contribution is 2.28. The number of para-hydroxylation sites is 1. The molecule has 0 fully saturated rings. The predicted molar refractivity (Wildman–Crippen MR) is 89.3 cm³/mol. The second kappa shape index (κ2) is 5.23. The zero-order chi connectivity index (χ0) is 14.9. The molecule has 0 unspecified atom stereocenters. The number of hydrogen-bond donors (Lipinski definition) is 1. The van der Waals surface area contributed by atoms with Gasteiger partial charge < -0.3 is 5.32 Å². The summed E-state index contributed by atoms with van der Waals surface area (Å²) in [5.74, 6) is 2.27. The quantitative estimate of drug-likeness (QED) is 0.625. The molecule has 5 nitrogen and oxygen atoms in total. The molecule has 6 heteroatoms. The van der Waals surface area contributed by atoms with Crippen molar-refractivity contribution in [3.63, 3.8) is 0 Å². The lowest BCUT2D eigenvalue weighted by molar-refractivity contribution is 0.771. The molecule has 108 valence electrons. The van der Waals surface area contributed by atoms with Gasteiger partial charge in [0, 0.05) is 24.7 Å². The second-order valence-corrected chi connectivity index (χ2v) is 5.84. The number of rotatable bonds is 3. The number of nitrogens with one attached hydrogen (secondary N) is 1. The van der Waals surface area contributed by atoms with Gasteiger partial charge in [0.2, 0.25) is 0 Å². The van der Waals surface area contributed by atoms with Crippen molar-refractivity contribution >= 4 is 33.9 Å². The Morgan fingerprint density at radius 1 is 1.05 bits per heavy atom. The van der Waals surface area contributed by atoms with E-state index in [9.17, 15) is 0 Å². The van der Waals surface area contributed by atoms with E-state index in [1.807, 2.05) is 61.1 Å². The fraction of sp³-hybridized carbons (Fsp3) is 0.0625. The summed E-state index contributed by atoms with van der Waals surface area (Å²) in [6.07, 6.45) is 1.89. The first kappa shape index (κ1) is 13.0. The number of thiophene rings is 1. The standard InChI is InChI=1S/C16H13N5S/c1-21-9-8-14(20-21)18-15-11-5-2-3-6-12(11)17-16(19-15)13-7-4-10-22-13/h2-10H,1H3,(H,17,18,19,20). The van der Waals surface area contributed by atoms with Crippen LogP contribution >= 0.6 is 11.3 Å². The Bertz CT molecular complexity index is 927. The Balaban J connectivity index is 1.87. The summed E-state index contributed by atoms with van der Waals surface area (Å²) in [5, 5.41) is 10.7. The summed E-state index contributed by atoms with van der Waals surface area (Å²) in [7, 11) is 1.89. The van der Waals surface area contributed by atoms with Crippen molar-refractivity contribution < 1.29 is 0 Å². The summed E-state index contributed by atoms with van der Waals surface area (Å²) in [4.78, 5) is 10.4. The minimum atomic E-state index is 0.729. The third kappa shape index (κ3) is 2.33. The van der Waals surface area contributed by atoms with Crippen LogP contribution in [0.1, 0.15) is 0 Å². The van der Waals surface area contributed by atoms with Crippen LogP contribution in [0.4, 0.5) is 11.6 Å². The monoisotopic (exact) mass is 307 g/mol. The molecule has 0 saturated heterocycles. The van der Waals surface area contributed by atoms with Crippen LogP contribution in [0.25, 0.3) is 21.6 Å². The molecule has 0 aliphatic rings. The third-order valence-corrected chi connectivity index (χ3v) is 4.17. The van der Waals surface area contributed by atoms with E-state index in [0.717, 1.165) is 33.2 Å². The number of nitrogens with zero attached hydrogens (tertiary/aromatic N) is 4. The maximum atomic E-state index is 4.69. The van der Waals surface area contributed by atoms with Gasteiger partial charge in [-0.05, 0) is 23.6 Å². The van der Waals surface area contributed by atoms with Gasteiger partial charge in [-0.25, -0.2) is 9.97 Å². The summed E-state index contributed by atoms with van der Waals surface area (Å²) >= 11 is 1.63. The third-order valence-electron chi connectivity index (χ3n) is 3.30. The molecule has 4 rings (SSSR count). The average Bonchev–Trinajstić information content (AvgIpc) is 3.19. The van der Waals surface area contributed by atoms with Gasteiger partial charge in [-0.15, -0.1) is 11.3 Å². The molecule has 0 aliphatic carbocycles. The normalized spacial score (nSPS) is 11.0. The van der Waals surface area contributed by atoms with Crippen molar-refractivity contribution in [2.75, 3.05) is 5.32 Å². The highest BCUT2D eigenvalue weighted by molar-refractivity contribution is 7.13. The van der Waals surface area contributed by atoms with Gasteiger partial charge >= 0.3 is 0 Å². The summed E-state index contributed by atoms with van der Waals surface area (Å²) < 4.78 is 1.76. The minimum Gasteiger partial charge on any atom is -0.323 e. The van der Waals surface area contributed by atoms with Crippen LogP contribution in [-0.4, -0.2) is 19.7 Å². The minimum absolute atomic E-state index is 0.729. The molecule has 1 aromatic carbocycles. The van der Waals surface area contributed by atoms with Gasteiger partial charge in [-0.2, -0.15) is 5.10 Å². The molecule has 3 heterocycles. The van der Waals surface area contributed by atoms with E-state index in [0.29, 0.717) is 0 Å². The fourth-order valence-electron chi connectivity index (χ4n) is 2.29. The zero-order valence-electron chi connectivity index (χ0n) is 11.9. The maximum absolute atomic E-state index is 4.69. The van der Waals surface area contributed by atoms with Crippen LogP contribution in [0.15, 0.2) is 54.0 Å². The van der Waals surface area contributed by atoms with E-state index in [4.69, 9.17) is 0 Å². The van der Waals surface area contributed by atoms with Crippen molar-refractivity contribution in [2.45, 2.75) is 0 Å². The van der Waals surface area contributed by atoms with Crippen LogP contribution in [0.3, 0.4) is 0 Å². The first-order valence-corrected chi connectivity index (χ1v) is 7.75. The van der Waals surface area contributed by atoms with Gasteiger partial charge in [0.25, 0.3) is 0 Å². The van der Waals surface area contributed by atoms with Crippen LogP contribution in [0.2, 0.25) is 0 Å². The Kier molecular flexibility index (Phi) is 3.08. The smallest absolute Gasteiger partial charge is 0.172 e. The number of hydrogen-bond acceptors (Lipinski definition) is 5.